The Morgan fingerprint density at radius 3 is 2.82 bits per heavy atom. The van der Waals surface area contributed by atoms with E-state index < -0.39 is 5.82 Å². The molecule has 0 bridgehead atoms. The summed E-state index contributed by atoms with van der Waals surface area (Å²) in [6.07, 6.45) is 0.176. The molecule has 1 heterocycles. The zero-order chi connectivity index (χ0) is 12.4. The van der Waals surface area contributed by atoms with Crippen molar-refractivity contribution in [3.63, 3.8) is 0 Å². The van der Waals surface area contributed by atoms with Crippen LogP contribution in [0.4, 0.5) is 4.39 Å². The standard InChI is InChI=1S/C12H7BrClFOS/c13-9-3-4-17-12(9)6-11(16)8-5-7(14)1-2-10(8)15/h1-5H,6H2. The highest BCUT2D eigenvalue weighted by atomic mass is 79.9. The summed E-state index contributed by atoms with van der Waals surface area (Å²) in [7, 11) is 0. The molecule has 1 aromatic carbocycles. The Labute approximate surface area is 115 Å². The Hall–Kier alpha value is -0.710. The predicted octanol–water partition coefficient (Wildman–Crippen LogP) is 4.73. The van der Waals surface area contributed by atoms with Gasteiger partial charge in [-0.05, 0) is 45.6 Å². The number of thiophene rings is 1. The first kappa shape index (κ1) is 12.7. The van der Waals surface area contributed by atoms with Gasteiger partial charge in [-0.25, -0.2) is 4.39 Å². The molecule has 0 atom stereocenters. The molecule has 2 rings (SSSR count). The molecule has 88 valence electrons. The van der Waals surface area contributed by atoms with Crippen LogP contribution >= 0.6 is 38.9 Å². The monoisotopic (exact) mass is 332 g/mol. The van der Waals surface area contributed by atoms with Gasteiger partial charge < -0.3 is 0 Å². The van der Waals surface area contributed by atoms with Gasteiger partial charge >= 0.3 is 0 Å². The van der Waals surface area contributed by atoms with Crippen LogP contribution < -0.4 is 0 Å². The van der Waals surface area contributed by atoms with Crippen LogP contribution in [-0.2, 0) is 6.42 Å². The van der Waals surface area contributed by atoms with E-state index in [1.54, 1.807) is 0 Å². The summed E-state index contributed by atoms with van der Waals surface area (Å²) in [5, 5.41) is 2.24. The maximum absolute atomic E-state index is 13.5. The van der Waals surface area contributed by atoms with Crippen molar-refractivity contribution >= 4 is 44.7 Å². The molecule has 0 radical (unpaired) electrons. The molecule has 0 fully saturated rings. The van der Waals surface area contributed by atoms with Crippen LogP contribution in [0.15, 0.2) is 34.1 Å². The van der Waals surface area contributed by atoms with Gasteiger partial charge in [-0.2, -0.15) is 0 Å². The van der Waals surface area contributed by atoms with Crippen LogP contribution in [0.5, 0.6) is 0 Å². The fourth-order valence-corrected chi connectivity index (χ4v) is 3.07. The Morgan fingerprint density at radius 1 is 1.41 bits per heavy atom. The molecule has 1 nitrogen and oxygen atoms in total. The second kappa shape index (κ2) is 5.29. The minimum Gasteiger partial charge on any atom is -0.294 e. The molecule has 0 spiro atoms. The predicted molar refractivity (Wildman–Crippen MR) is 71.5 cm³/mol. The maximum Gasteiger partial charge on any atom is 0.171 e. The van der Waals surface area contributed by atoms with Crippen molar-refractivity contribution in [1.29, 1.82) is 0 Å². The Morgan fingerprint density at radius 2 is 2.18 bits per heavy atom. The second-order valence-electron chi connectivity index (χ2n) is 3.42. The molecular formula is C12H7BrClFOS. The lowest BCUT2D eigenvalue weighted by atomic mass is 10.1. The largest absolute Gasteiger partial charge is 0.294 e. The Bertz CT molecular complexity index is 567. The van der Waals surface area contributed by atoms with Gasteiger partial charge in [0.2, 0.25) is 0 Å². The highest BCUT2D eigenvalue weighted by Crippen LogP contribution is 2.25. The van der Waals surface area contributed by atoms with E-state index in [9.17, 15) is 9.18 Å². The molecule has 5 heteroatoms. The number of hydrogen-bond donors (Lipinski definition) is 0. The zero-order valence-corrected chi connectivity index (χ0v) is 11.7. The van der Waals surface area contributed by atoms with Crippen molar-refractivity contribution in [3.8, 4) is 0 Å². The SMILES string of the molecule is O=C(Cc1sccc1Br)c1cc(Cl)ccc1F. The number of carbonyl (C=O) groups is 1. The third-order valence-corrected chi connectivity index (χ3v) is 4.40. The maximum atomic E-state index is 13.5. The smallest absolute Gasteiger partial charge is 0.171 e. The number of halogens is 3. The number of Topliss-reactive ketones (excluding diaryl/α,β-unsaturated/α-hetero) is 1. The van der Waals surface area contributed by atoms with Crippen molar-refractivity contribution in [2.24, 2.45) is 0 Å². The molecule has 1 aromatic heterocycles. The lowest BCUT2D eigenvalue weighted by molar-refractivity contribution is 0.0990. The highest BCUT2D eigenvalue weighted by molar-refractivity contribution is 9.10. The first-order valence-corrected chi connectivity index (χ1v) is 6.83. The van der Waals surface area contributed by atoms with Crippen LogP contribution in [0.3, 0.4) is 0 Å². The van der Waals surface area contributed by atoms with E-state index >= 15 is 0 Å². The molecular weight excluding hydrogens is 327 g/mol. The van der Waals surface area contributed by atoms with Crippen molar-refractivity contribution < 1.29 is 9.18 Å². The van der Waals surface area contributed by atoms with Crippen LogP contribution in [0.25, 0.3) is 0 Å². The molecule has 0 aliphatic rings. The van der Waals surface area contributed by atoms with Gasteiger partial charge in [0.15, 0.2) is 5.78 Å². The van der Waals surface area contributed by atoms with E-state index in [0.29, 0.717) is 5.02 Å². The third-order valence-electron chi connectivity index (χ3n) is 2.24. The zero-order valence-electron chi connectivity index (χ0n) is 8.54. The second-order valence-corrected chi connectivity index (χ2v) is 5.71. The number of carbonyl (C=O) groups excluding carboxylic acids is 1. The number of rotatable bonds is 3. The van der Waals surface area contributed by atoms with Gasteiger partial charge in [-0.15, -0.1) is 11.3 Å². The van der Waals surface area contributed by atoms with Gasteiger partial charge in [-0.1, -0.05) is 11.6 Å². The van der Waals surface area contributed by atoms with Crippen LogP contribution in [0.2, 0.25) is 5.02 Å². The van der Waals surface area contributed by atoms with E-state index in [0.717, 1.165) is 9.35 Å². The fraction of sp³-hybridized carbons (Fsp3) is 0.0833. The summed E-state index contributed by atoms with van der Waals surface area (Å²) in [5.74, 6) is -0.805. The van der Waals surface area contributed by atoms with Gasteiger partial charge in [0.1, 0.15) is 5.82 Å². The highest BCUT2D eigenvalue weighted by Gasteiger charge is 2.15. The van der Waals surface area contributed by atoms with Crippen molar-refractivity contribution in [2.45, 2.75) is 6.42 Å². The minimum absolute atomic E-state index is 0.0396. The van der Waals surface area contributed by atoms with Gasteiger partial charge in [0, 0.05) is 20.8 Å². The molecule has 0 unspecified atom stereocenters. The normalized spacial score (nSPS) is 10.5. The van der Waals surface area contributed by atoms with Crippen molar-refractivity contribution in [3.05, 3.63) is 55.4 Å². The van der Waals surface area contributed by atoms with Gasteiger partial charge in [0.05, 0.1) is 5.56 Å². The minimum atomic E-state index is -0.535. The van der Waals surface area contributed by atoms with Crippen LogP contribution in [-0.4, -0.2) is 5.78 Å². The molecule has 0 aliphatic carbocycles. The average molecular weight is 334 g/mol. The molecule has 0 amide bonds. The summed E-state index contributed by atoms with van der Waals surface area (Å²) in [6, 6.07) is 5.86. The molecule has 2 aromatic rings. The summed E-state index contributed by atoms with van der Waals surface area (Å²) in [5.41, 5.74) is 0.0396. The molecule has 0 saturated heterocycles. The van der Waals surface area contributed by atoms with Crippen molar-refractivity contribution in [2.75, 3.05) is 0 Å². The van der Waals surface area contributed by atoms with Crippen molar-refractivity contribution in [1.82, 2.24) is 0 Å². The number of ketones is 1. The summed E-state index contributed by atoms with van der Waals surface area (Å²) in [4.78, 5) is 12.8. The summed E-state index contributed by atoms with van der Waals surface area (Å²) in [6.45, 7) is 0. The molecule has 17 heavy (non-hydrogen) atoms. The molecule has 0 saturated carbocycles. The molecule has 0 aliphatic heterocycles. The summed E-state index contributed by atoms with van der Waals surface area (Å²) < 4.78 is 14.3. The van der Waals surface area contributed by atoms with E-state index in [2.05, 4.69) is 15.9 Å². The van der Waals surface area contributed by atoms with E-state index in [4.69, 9.17) is 11.6 Å². The van der Waals surface area contributed by atoms with Gasteiger partial charge in [0.25, 0.3) is 0 Å². The van der Waals surface area contributed by atoms with E-state index in [1.807, 2.05) is 11.4 Å². The fourth-order valence-electron chi connectivity index (χ4n) is 1.40. The lowest BCUT2D eigenvalue weighted by Crippen LogP contribution is -2.05. The summed E-state index contributed by atoms with van der Waals surface area (Å²) >= 11 is 10.5. The lowest BCUT2D eigenvalue weighted by Gasteiger charge is -2.02. The molecule has 0 N–H and O–H groups in total. The first-order chi connectivity index (χ1) is 8.08. The van der Waals surface area contributed by atoms with Crippen LogP contribution in [0.1, 0.15) is 15.2 Å². The number of benzene rings is 1. The third kappa shape index (κ3) is 2.94. The van der Waals surface area contributed by atoms with Gasteiger partial charge in [-0.3, -0.25) is 4.79 Å². The topological polar surface area (TPSA) is 17.1 Å². The Kier molecular flexibility index (Phi) is 3.97. The average Bonchev–Trinajstić information content (AvgIpc) is 2.68. The Balaban J connectivity index is 2.26. The van der Waals surface area contributed by atoms with E-state index in [1.165, 1.54) is 29.5 Å². The first-order valence-electron chi connectivity index (χ1n) is 4.78. The van der Waals surface area contributed by atoms with Crippen LogP contribution in [0, 0.1) is 5.82 Å². The quantitative estimate of drug-likeness (QED) is 0.742. The number of hydrogen-bond acceptors (Lipinski definition) is 2. The van der Waals surface area contributed by atoms with E-state index in [-0.39, 0.29) is 17.8 Å².